The van der Waals surface area contributed by atoms with E-state index in [1.807, 2.05) is 6.92 Å². The average Bonchev–Trinajstić information content (AvgIpc) is 2.16. The van der Waals surface area contributed by atoms with Gasteiger partial charge in [0.25, 0.3) is 0 Å². The summed E-state index contributed by atoms with van der Waals surface area (Å²) in [5.74, 6) is -1.97. The van der Waals surface area contributed by atoms with Crippen LogP contribution >= 0.6 is 8.03 Å². The van der Waals surface area contributed by atoms with Crippen LogP contribution in [0.1, 0.15) is 19.8 Å². The minimum Gasteiger partial charge on any atom is -0.480 e. The molecule has 0 saturated carbocycles. The van der Waals surface area contributed by atoms with Gasteiger partial charge in [0.2, 0.25) is 12.1 Å². The summed E-state index contributed by atoms with van der Waals surface area (Å²) in [5.41, 5.74) is 5.47. The first-order valence-electron chi connectivity index (χ1n) is 4.80. The molecule has 0 aliphatic carbocycles. The lowest BCUT2D eigenvalue weighted by molar-refractivity contribution is -0.141. The second kappa shape index (κ2) is 7.27. The Kier molecular flexibility index (Phi) is 6.80. The molecule has 1 amide bonds. The van der Waals surface area contributed by atoms with E-state index in [1.54, 1.807) is 0 Å². The number of carbonyl (C=O) groups excluding carboxylic acids is 1. The van der Waals surface area contributed by atoms with Gasteiger partial charge in [-0.25, -0.2) is 4.79 Å². The normalized spacial score (nSPS) is 15.1. The minimum atomic E-state index is -2.62. The van der Waals surface area contributed by atoms with E-state index < -0.39 is 38.2 Å². The van der Waals surface area contributed by atoms with Crippen LogP contribution < -0.4 is 11.1 Å². The van der Waals surface area contributed by atoms with Crippen molar-refractivity contribution in [3.8, 4) is 0 Å². The van der Waals surface area contributed by atoms with Crippen molar-refractivity contribution in [2.75, 3.05) is 6.16 Å². The number of nitrogens with two attached hydrogens (primary N) is 1. The Bertz CT molecular complexity index is 284. The molecule has 0 aliphatic heterocycles. The van der Waals surface area contributed by atoms with Gasteiger partial charge >= 0.3 is 14.0 Å². The molecule has 7 nitrogen and oxygen atoms in total. The lowest BCUT2D eigenvalue weighted by Gasteiger charge is -2.13. The first-order valence-corrected chi connectivity index (χ1v) is 6.20. The molecule has 0 aromatic carbocycles. The number of carboxylic acid groups (broad SMARTS) is 1. The smallest absolute Gasteiger partial charge is 0.480 e. The van der Waals surface area contributed by atoms with Crippen molar-refractivity contribution in [2.24, 2.45) is 5.73 Å². The third-order valence-corrected chi connectivity index (χ3v) is 2.57. The molecule has 0 fully saturated rings. The topological polar surface area (TPSA) is 130 Å². The molecule has 0 aliphatic rings. The van der Waals surface area contributed by atoms with Gasteiger partial charge in [-0.15, -0.1) is 0 Å². The maximum atomic E-state index is 11.4. The highest BCUT2D eigenvalue weighted by molar-refractivity contribution is 7.38. The van der Waals surface area contributed by atoms with Crippen LogP contribution in [-0.4, -0.2) is 40.1 Å². The lowest BCUT2D eigenvalue weighted by Crippen LogP contribution is -2.49. The number of hydrogen-bond acceptors (Lipinski definition) is 4. The van der Waals surface area contributed by atoms with Crippen LogP contribution in [0.15, 0.2) is 0 Å². The number of nitrogens with one attached hydrogen (secondary N) is 1. The predicted octanol–water partition coefficient (Wildman–Crippen LogP) is -0.582. The number of amides is 1. The molecule has 5 N–H and O–H groups in total. The first kappa shape index (κ1) is 15.0. The average molecular weight is 251 g/mol. The molecular weight excluding hydrogens is 235 g/mol. The van der Waals surface area contributed by atoms with E-state index in [1.165, 1.54) is 0 Å². The van der Waals surface area contributed by atoms with Crippen LogP contribution in [0.3, 0.4) is 0 Å². The molecule has 2 unspecified atom stereocenters. The summed E-state index contributed by atoms with van der Waals surface area (Å²) in [5, 5.41) is 10.8. The third kappa shape index (κ3) is 5.75. The number of carboxylic acids is 1. The van der Waals surface area contributed by atoms with Crippen LogP contribution in [0.4, 0.5) is 0 Å². The van der Waals surface area contributed by atoms with Gasteiger partial charge < -0.3 is 16.2 Å². The summed E-state index contributed by atoms with van der Waals surface area (Å²) in [7, 11) is -2.62. The van der Waals surface area contributed by atoms with E-state index in [9.17, 15) is 14.2 Å². The highest BCUT2D eigenvalue weighted by atomic mass is 31.1. The van der Waals surface area contributed by atoms with E-state index in [-0.39, 0.29) is 0 Å². The molecule has 0 heterocycles. The summed E-state index contributed by atoms with van der Waals surface area (Å²) < 4.78 is 10.5. The summed E-state index contributed by atoms with van der Waals surface area (Å²) in [6.45, 7) is 1.84. The molecule has 0 saturated heterocycles. The maximum absolute atomic E-state index is 11.4. The molecule has 92 valence electrons. The fourth-order valence-electron chi connectivity index (χ4n) is 1.06. The van der Waals surface area contributed by atoms with Gasteiger partial charge in [0.05, 0.1) is 6.04 Å². The van der Waals surface area contributed by atoms with Crippen molar-refractivity contribution >= 4 is 19.9 Å². The van der Waals surface area contributed by atoms with Gasteiger partial charge in [0.15, 0.2) is 6.04 Å². The van der Waals surface area contributed by atoms with Crippen LogP contribution in [0.2, 0.25) is 0 Å². The van der Waals surface area contributed by atoms with Gasteiger partial charge in [0.1, 0.15) is 0 Å². The number of aliphatic carboxylic acids is 1. The van der Waals surface area contributed by atoms with Crippen molar-refractivity contribution in [3.63, 3.8) is 0 Å². The Hall–Kier alpha value is -1.04. The van der Waals surface area contributed by atoms with Crippen LogP contribution in [0.5, 0.6) is 0 Å². The molecule has 3 atom stereocenters. The molecule has 16 heavy (non-hydrogen) atoms. The Morgan fingerprint density at radius 3 is 2.44 bits per heavy atom. The Labute approximate surface area is 93.9 Å². The van der Waals surface area contributed by atoms with Gasteiger partial charge in [-0.2, -0.15) is 4.89 Å². The molecule has 0 aromatic rings. The second-order valence-corrected chi connectivity index (χ2v) is 4.40. The standard InChI is InChI=1S/C8H15N2O5P/c1-2-3-5(9)7(11)10-6(8(12)13)4-16(14)15/h5-6H,2-4,9H2,1H3,(H2-,10,11,12,13,14,15)/p+1/t5-,6?/m0/s1. The zero-order valence-electron chi connectivity index (χ0n) is 8.92. The number of carbonyl (C=O) groups is 2. The van der Waals surface area contributed by atoms with Crippen LogP contribution in [0, 0.1) is 0 Å². The van der Waals surface area contributed by atoms with Crippen LogP contribution in [-0.2, 0) is 14.2 Å². The molecule has 8 heteroatoms. The fraction of sp³-hybridized carbons (Fsp3) is 0.750. The molecule has 0 rings (SSSR count). The van der Waals surface area contributed by atoms with Crippen molar-refractivity contribution in [3.05, 3.63) is 0 Å². The summed E-state index contributed by atoms with van der Waals surface area (Å²) >= 11 is 0. The van der Waals surface area contributed by atoms with Gasteiger partial charge in [-0.3, -0.25) is 4.79 Å². The monoisotopic (exact) mass is 251 g/mol. The zero-order chi connectivity index (χ0) is 12.7. The highest BCUT2D eigenvalue weighted by Gasteiger charge is 2.30. The molecule has 0 bridgehead atoms. The van der Waals surface area contributed by atoms with Gasteiger partial charge in [0, 0.05) is 0 Å². The first-order chi connectivity index (χ1) is 7.38. The predicted molar refractivity (Wildman–Crippen MR) is 57.1 cm³/mol. The third-order valence-electron chi connectivity index (χ3n) is 1.89. The van der Waals surface area contributed by atoms with E-state index in [4.69, 9.17) is 15.7 Å². The number of rotatable bonds is 7. The second-order valence-electron chi connectivity index (χ2n) is 3.33. The van der Waals surface area contributed by atoms with Gasteiger partial charge in [-0.1, -0.05) is 13.3 Å². The fourth-order valence-corrected chi connectivity index (χ4v) is 1.62. The Balaban J connectivity index is 4.34. The zero-order valence-corrected chi connectivity index (χ0v) is 9.81. The van der Waals surface area contributed by atoms with Crippen molar-refractivity contribution in [2.45, 2.75) is 31.8 Å². The summed E-state index contributed by atoms with van der Waals surface area (Å²) in [6, 6.07) is -2.16. The molecule has 0 spiro atoms. The number of hydrogen-bond donors (Lipinski definition) is 4. The van der Waals surface area contributed by atoms with Crippen molar-refractivity contribution in [1.82, 2.24) is 5.32 Å². The quantitative estimate of drug-likeness (QED) is 0.448. The molecule has 0 radical (unpaired) electrons. The highest BCUT2D eigenvalue weighted by Crippen LogP contribution is 2.14. The molecular formula is C8H16N2O5P+. The molecule has 0 aromatic heterocycles. The van der Waals surface area contributed by atoms with E-state index in [2.05, 4.69) is 5.32 Å². The minimum absolute atomic E-state index is 0.434. The van der Waals surface area contributed by atoms with Crippen molar-refractivity contribution in [1.29, 1.82) is 0 Å². The Morgan fingerprint density at radius 2 is 2.06 bits per heavy atom. The maximum Gasteiger partial charge on any atom is 0.508 e. The van der Waals surface area contributed by atoms with Crippen LogP contribution in [0.25, 0.3) is 0 Å². The van der Waals surface area contributed by atoms with E-state index in [0.29, 0.717) is 12.8 Å². The lowest BCUT2D eigenvalue weighted by atomic mass is 10.1. The largest absolute Gasteiger partial charge is 0.508 e. The summed E-state index contributed by atoms with van der Waals surface area (Å²) in [6.07, 6.45) is 0.610. The van der Waals surface area contributed by atoms with Gasteiger partial charge in [-0.05, 0) is 11.0 Å². The van der Waals surface area contributed by atoms with E-state index in [0.717, 1.165) is 0 Å². The Morgan fingerprint density at radius 1 is 1.50 bits per heavy atom. The van der Waals surface area contributed by atoms with Crippen molar-refractivity contribution < 1.29 is 24.2 Å². The summed E-state index contributed by atoms with van der Waals surface area (Å²) in [4.78, 5) is 30.6. The SMILES string of the molecule is CCC[C@H](N)C(=O)NC(C[P+](=O)O)C(=O)O. The van der Waals surface area contributed by atoms with E-state index >= 15 is 0 Å².